The molecule has 9 heteroatoms. The second-order valence-electron chi connectivity index (χ2n) is 5.09. The quantitative estimate of drug-likeness (QED) is 0.751. The summed E-state index contributed by atoms with van der Waals surface area (Å²) in [6, 6.07) is 10.6. The van der Waals surface area contributed by atoms with Crippen LogP contribution in [0.2, 0.25) is 5.02 Å². The number of aromatic nitrogens is 4. The van der Waals surface area contributed by atoms with Crippen LogP contribution in [0.4, 0.5) is 0 Å². The van der Waals surface area contributed by atoms with Crippen LogP contribution in [0.25, 0.3) is 5.00 Å². The van der Waals surface area contributed by atoms with Crippen LogP contribution < -0.4 is 11.0 Å². The molecule has 0 spiro atoms. The molecule has 0 aliphatic rings. The van der Waals surface area contributed by atoms with Gasteiger partial charge in [0.1, 0.15) is 11.5 Å². The zero-order valence-corrected chi connectivity index (χ0v) is 14.3. The van der Waals surface area contributed by atoms with Gasteiger partial charge in [-0.25, -0.2) is 4.79 Å². The summed E-state index contributed by atoms with van der Waals surface area (Å²) in [5, 5.41) is 13.4. The van der Waals surface area contributed by atoms with Crippen molar-refractivity contribution in [3.63, 3.8) is 0 Å². The Balaban J connectivity index is 1.70. The lowest BCUT2D eigenvalue weighted by Crippen LogP contribution is -2.34. The highest BCUT2D eigenvalue weighted by molar-refractivity contribution is 7.12. The van der Waals surface area contributed by atoms with Gasteiger partial charge < -0.3 is 5.32 Å². The monoisotopic (exact) mass is 363 g/mol. The Hall–Kier alpha value is -2.45. The topological polar surface area (TPSA) is 81.8 Å². The van der Waals surface area contributed by atoms with Crippen LogP contribution in [0.3, 0.4) is 0 Å². The minimum Gasteiger partial charge on any atom is -0.348 e. The number of hydrogen-bond acceptors (Lipinski definition) is 5. The molecule has 3 aromatic rings. The molecule has 3 rings (SSSR count). The van der Waals surface area contributed by atoms with E-state index < -0.39 is 5.69 Å². The molecule has 1 amide bonds. The van der Waals surface area contributed by atoms with Crippen molar-refractivity contribution in [2.75, 3.05) is 0 Å². The summed E-state index contributed by atoms with van der Waals surface area (Å²) in [5.74, 6) is -0.345. The molecule has 124 valence electrons. The van der Waals surface area contributed by atoms with Gasteiger partial charge in [0.2, 0.25) is 5.91 Å². The lowest BCUT2D eigenvalue weighted by atomic mass is 10.1. The summed E-state index contributed by atoms with van der Waals surface area (Å²) in [6.45, 7) is 1.61. The standard InChI is InChI=1S/C15H14ClN5O2S/c1-10(11-5-2-3-6-12(11)16)17-13(22)9-20-15(23)21(19-18-20)14-7-4-8-24-14/h2-8,10H,9H2,1H3,(H,17,22)/t10-/m1/s1. The molecule has 0 radical (unpaired) electrons. The van der Waals surface area contributed by atoms with E-state index in [4.69, 9.17) is 11.6 Å². The van der Waals surface area contributed by atoms with Crippen molar-refractivity contribution in [1.82, 2.24) is 25.1 Å². The number of rotatable bonds is 5. The van der Waals surface area contributed by atoms with Crippen molar-refractivity contribution in [1.29, 1.82) is 0 Å². The lowest BCUT2D eigenvalue weighted by molar-refractivity contribution is -0.122. The van der Waals surface area contributed by atoms with Gasteiger partial charge in [-0.3, -0.25) is 4.79 Å². The third-order valence-corrected chi connectivity index (χ3v) is 4.58. The van der Waals surface area contributed by atoms with Gasteiger partial charge in [0.15, 0.2) is 0 Å². The summed E-state index contributed by atoms with van der Waals surface area (Å²) in [4.78, 5) is 24.4. The van der Waals surface area contributed by atoms with Crippen LogP contribution in [0.1, 0.15) is 18.5 Å². The van der Waals surface area contributed by atoms with Gasteiger partial charge in [-0.1, -0.05) is 29.8 Å². The van der Waals surface area contributed by atoms with Crippen molar-refractivity contribution < 1.29 is 4.79 Å². The molecule has 0 unspecified atom stereocenters. The number of benzene rings is 1. The Bertz CT molecular complexity index is 903. The Labute approximate surface area is 146 Å². The zero-order valence-electron chi connectivity index (χ0n) is 12.7. The SMILES string of the molecule is C[C@@H](NC(=O)Cn1nnn(-c2cccs2)c1=O)c1ccccc1Cl. The second-order valence-corrected chi connectivity index (χ2v) is 6.43. The van der Waals surface area contributed by atoms with Crippen LogP contribution in [0.15, 0.2) is 46.6 Å². The Morgan fingerprint density at radius 3 is 2.79 bits per heavy atom. The molecule has 2 heterocycles. The van der Waals surface area contributed by atoms with E-state index in [1.54, 1.807) is 12.1 Å². The van der Waals surface area contributed by atoms with Crippen LogP contribution in [-0.2, 0) is 11.3 Å². The van der Waals surface area contributed by atoms with Crippen LogP contribution in [-0.4, -0.2) is 25.7 Å². The summed E-state index contributed by atoms with van der Waals surface area (Å²) >= 11 is 7.48. The maximum absolute atomic E-state index is 12.2. The van der Waals surface area contributed by atoms with E-state index in [1.165, 1.54) is 11.3 Å². The first-order chi connectivity index (χ1) is 11.6. The average Bonchev–Trinajstić information content (AvgIpc) is 3.18. The van der Waals surface area contributed by atoms with Crippen LogP contribution in [0.5, 0.6) is 0 Å². The molecule has 0 aliphatic heterocycles. The fourth-order valence-electron chi connectivity index (χ4n) is 2.23. The van der Waals surface area contributed by atoms with E-state index in [0.717, 1.165) is 14.9 Å². The van der Waals surface area contributed by atoms with Gasteiger partial charge in [-0.15, -0.1) is 11.3 Å². The van der Waals surface area contributed by atoms with E-state index >= 15 is 0 Å². The summed E-state index contributed by atoms with van der Waals surface area (Å²) < 4.78 is 2.18. The highest BCUT2D eigenvalue weighted by Crippen LogP contribution is 2.21. The van der Waals surface area contributed by atoms with E-state index in [0.29, 0.717) is 10.0 Å². The number of hydrogen-bond donors (Lipinski definition) is 1. The smallest absolute Gasteiger partial charge is 0.348 e. The first kappa shape index (κ1) is 16.4. The number of nitrogens with one attached hydrogen (secondary N) is 1. The van der Waals surface area contributed by atoms with Gasteiger partial charge >= 0.3 is 5.69 Å². The van der Waals surface area contributed by atoms with Crippen molar-refractivity contribution in [2.45, 2.75) is 19.5 Å². The first-order valence-corrected chi connectivity index (χ1v) is 8.42. The fourth-order valence-corrected chi connectivity index (χ4v) is 3.20. The number of carbonyl (C=O) groups is 1. The fraction of sp³-hybridized carbons (Fsp3) is 0.200. The molecule has 1 atom stereocenters. The largest absolute Gasteiger partial charge is 0.369 e. The van der Waals surface area contributed by atoms with Gasteiger partial charge in [-0.05, 0) is 46.5 Å². The van der Waals surface area contributed by atoms with Crippen molar-refractivity contribution in [2.24, 2.45) is 0 Å². The normalized spacial score (nSPS) is 12.1. The van der Waals surface area contributed by atoms with Crippen molar-refractivity contribution >= 4 is 28.8 Å². The Kier molecular flexibility index (Phi) is 4.77. The van der Waals surface area contributed by atoms with Crippen LogP contribution in [0, 0.1) is 0 Å². The molecule has 0 fully saturated rings. The molecule has 7 nitrogen and oxygen atoms in total. The molecular formula is C15H14ClN5O2S. The molecule has 0 aliphatic carbocycles. The Morgan fingerprint density at radius 1 is 1.29 bits per heavy atom. The number of tetrazole rings is 1. The highest BCUT2D eigenvalue weighted by atomic mass is 35.5. The van der Waals surface area contributed by atoms with E-state index in [1.807, 2.05) is 36.6 Å². The van der Waals surface area contributed by atoms with E-state index in [-0.39, 0.29) is 18.5 Å². The maximum Gasteiger partial charge on any atom is 0.369 e. The summed E-state index contributed by atoms with van der Waals surface area (Å²) in [5.41, 5.74) is 0.347. The minimum atomic E-state index is -0.460. The molecule has 2 aromatic heterocycles. The van der Waals surface area contributed by atoms with Gasteiger partial charge in [0, 0.05) is 5.02 Å². The Morgan fingerprint density at radius 2 is 2.08 bits per heavy atom. The second kappa shape index (κ2) is 6.98. The molecule has 0 bridgehead atoms. The molecule has 1 N–H and O–H groups in total. The lowest BCUT2D eigenvalue weighted by Gasteiger charge is -2.15. The van der Waals surface area contributed by atoms with Crippen molar-refractivity contribution in [3.05, 3.63) is 62.8 Å². The molecule has 1 aromatic carbocycles. The summed E-state index contributed by atoms with van der Waals surface area (Å²) in [6.07, 6.45) is 0. The van der Waals surface area contributed by atoms with Crippen LogP contribution >= 0.6 is 22.9 Å². The maximum atomic E-state index is 12.2. The summed E-state index contributed by atoms with van der Waals surface area (Å²) in [7, 11) is 0. The number of amides is 1. The third-order valence-electron chi connectivity index (χ3n) is 3.40. The van der Waals surface area contributed by atoms with E-state index in [9.17, 15) is 9.59 Å². The predicted molar refractivity (Wildman–Crippen MR) is 91.5 cm³/mol. The third kappa shape index (κ3) is 3.39. The zero-order chi connectivity index (χ0) is 17.1. The predicted octanol–water partition coefficient (Wildman–Crippen LogP) is 2.02. The van der Waals surface area contributed by atoms with Gasteiger partial charge in [0.05, 0.1) is 6.04 Å². The highest BCUT2D eigenvalue weighted by Gasteiger charge is 2.16. The van der Waals surface area contributed by atoms with Crippen molar-refractivity contribution in [3.8, 4) is 5.00 Å². The number of nitrogens with zero attached hydrogens (tertiary/aromatic N) is 4. The average molecular weight is 364 g/mol. The molecule has 0 saturated heterocycles. The van der Waals surface area contributed by atoms with E-state index in [2.05, 4.69) is 15.7 Å². The van der Waals surface area contributed by atoms with Gasteiger partial charge in [-0.2, -0.15) is 9.36 Å². The molecule has 24 heavy (non-hydrogen) atoms. The molecule has 0 saturated carbocycles. The minimum absolute atomic E-state index is 0.209. The number of halogens is 1. The van der Waals surface area contributed by atoms with Gasteiger partial charge in [0.25, 0.3) is 0 Å². The number of carbonyl (C=O) groups excluding carboxylic acids is 1. The molecular weight excluding hydrogens is 350 g/mol. The number of thiophene rings is 1. The first-order valence-electron chi connectivity index (χ1n) is 7.17.